The summed E-state index contributed by atoms with van der Waals surface area (Å²) in [7, 11) is 1.60. The molecular weight excluding hydrogens is 783 g/mol. The Morgan fingerprint density at radius 3 is 2.42 bits per heavy atom. The first-order valence-electron chi connectivity index (χ1n) is 21.8. The molecule has 4 amide bonds. The van der Waals surface area contributed by atoms with Crippen LogP contribution in [0.5, 0.6) is 11.5 Å². The number of carbonyl (C=O) groups excluding carboxylic acids is 4. The van der Waals surface area contributed by atoms with Crippen LogP contribution in [0, 0.1) is 17.8 Å². The number of fused-ring (bicyclic) bond motifs is 1. The Morgan fingerprint density at radius 1 is 1.02 bits per heavy atom. The number of pyridine rings is 1. The molecule has 4 unspecified atom stereocenters. The highest BCUT2D eigenvalue weighted by molar-refractivity contribution is 7.77. The monoisotopic (exact) mass is 839 g/mol. The summed E-state index contributed by atoms with van der Waals surface area (Å²) in [6.07, 6.45) is 11.4. The second-order valence-corrected chi connectivity index (χ2v) is 18.3. The van der Waals surface area contributed by atoms with Crippen LogP contribution in [0.1, 0.15) is 89.9 Å². The van der Waals surface area contributed by atoms with E-state index in [0.29, 0.717) is 61.0 Å². The first kappa shape index (κ1) is 41.9. The van der Waals surface area contributed by atoms with Crippen molar-refractivity contribution in [1.29, 1.82) is 0 Å². The van der Waals surface area contributed by atoms with E-state index >= 15 is 4.79 Å². The van der Waals surface area contributed by atoms with Gasteiger partial charge < -0.3 is 24.6 Å². The van der Waals surface area contributed by atoms with Gasteiger partial charge in [0.25, 0.3) is 17.2 Å². The van der Waals surface area contributed by atoms with Crippen LogP contribution in [0.15, 0.2) is 67.3 Å². The standard InChI is InChI=1S/C46H57N5O8S/c1-3-33-28-46(33,45(55)51(60(56)57)34-17-18-34)48-43(53)40-26-36(59-41-27-38(31-15-9-5-10-16-31)47-39-25-35(58-2)19-20-37(39)41)29-50(40)44(54)32(23-30-13-7-4-8-14-30)24-42(52)49-21-11-6-12-22-49/h3,5,9-10,15-16,19-20,25,27,30,32-34,36,40H,1,4,6-8,11-14,17-18,21-24,26,28-29H2,2H3,(H,48,53)(H,56,57)/t32-,33?,36-,40?,46?/m1/s1. The Morgan fingerprint density at radius 2 is 1.75 bits per heavy atom. The number of nitrogens with one attached hydrogen (secondary N) is 1. The van der Waals surface area contributed by atoms with Gasteiger partial charge in [-0.3, -0.25) is 23.7 Å². The molecular formula is C46H57N5O8S. The fourth-order valence-corrected chi connectivity index (χ4v) is 10.5. The third kappa shape index (κ3) is 8.95. The summed E-state index contributed by atoms with van der Waals surface area (Å²) in [5.41, 5.74) is 0.767. The minimum absolute atomic E-state index is 0.0301. The van der Waals surface area contributed by atoms with Gasteiger partial charge in [0.15, 0.2) is 0 Å². The topological polar surface area (TPSA) is 159 Å². The van der Waals surface area contributed by atoms with Gasteiger partial charge in [-0.1, -0.05) is 68.5 Å². The third-order valence-electron chi connectivity index (χ3n) is 13.3. The molecule has 6 atom stereocenters. The van der Waals surface area contributed by atoms with Crippen molar-refractivity contribution < 1.29 is 37.4 Å². The molecule has 14 heteroatoms. The van der Waals surface area contributed by atoms with Crippen molar-refractivity contribution in [3.63, 3.8) is 0 Å². The predicted octanol–water partition coefficient (Wildman–Crippen LogP) is 6.44. The third-order valence-corrected chi connectivity index (χ3v) is 14.1. The Labute approximate surface area is 354 Å². The van der Waals surface area contributed by atoms with Gasteiger partial charge in [-0.2, -0.15) is 0 Å². The number of nitrogens with zero attached hydrogens (tertiary/aromatic N) is 4. The van der Waals surface area contributed by atoms with Gasteiger partial charge in [-0.15, -0.1) is 6.58 Å². The van der Waals surface area contributed by atoms with E-state index < -0.39 is 52.6 Å². The minimum Gasteiger partial charge on any atom is -0.497 e. The zero-order valence-electron chi connectivity index (χ0n) is 34.5. The molecule has 320 valence electrons. The number of aromatic nitrogens is 1. The smallest absolute Gasteiger partial charge is 0.264 e. The summed E-state index contributed by atoms with van der Waals surface area (Å²) < 4.78 is 35.9. The summed E-state index contributed by atoms with van der Waals surface area (Å²) in [6.45, 7) is 5.33. The highest BCUT2D eigenvalue weighted by Gasteiger charge is 2.64. The fraction of sp³-hybridized carbons (Fsp3) is 0.543. The lowest BCUT2D eigenvalue weighted by Crippen LogP contribution is -2.57. The number of amides is 4. The Hall–Kier alpha value is -4.82. The van der Waals surface area contributed by atoms with Crippen LogP contribution in [0.2, 0.25) is 0 Å². The molecule has 2 aliphatic heterocycles. The molecule has 3 aliphatic carbocycles. The van der Waals surface area contributed by atoms with Gasteiger partial charge in [0.05, 0.1) is 24.9 Å². The second kappa shape index (κ2) is 18.0. The Kier molecular flexibility index (Phi) is 12.6. The molecule has 2 saturated heterocycles. The number of benzene rings is 2. The molecule has 13 nitrogen and oxygen atoms in total. The molecule has 8 rings (SSSR count). The summed E-state index contributed by atoms with van der Waals surface area (Å²) in [4.78, 5) is 66.2. The highest BCUT2D eigenvalue weighted by atomic mass is 32.2. The average molecular weight is 840 g/mol. The van der Waals surface area contributed by atoms with E-state index in [2.05, 4.69) is 11.9 Å². The van der Waals surface area contributed by atoms with Gasteiger partial charge in [0.2, 0.25) is 17.7 Å². The van der Waals surface area contributed by atoms with Crippen molar-refractivity contribution in [3.05, 3.63) is 67.3 Å². The molecule has 3 heterocycles. The average Bonchev–Trinajstić information content (AvgIpc) is 4.20. The van der Waals surface area contributed by atoms with E-state index in [0.717, 1.165) is 66.6 Å². The molecule has 0 bridgehead atoms. The van der Waals surface area contributed by atoms with Gasteiger partial charge in [0, 0.05) is 66.9 Å². The zero-order valence-corrected chi connectivity index (χ0v) is 35.3. The van der Waals surface area contributed by atoms with Crippen LogP contribution in [-0.4, -0.2) is 102 Å². The van der Waals surface area contributed by atoms with Crippen LogP contribution in [0.4, 0.5) is 0 Å². The fourth-order valence-electron chi connectivity index (χ4n) is 9.72. The SMILES string of the molecule is C=CC1CC1(NC(=O)C1C[C@@H](Oc2cc(-c3ccccc3)nc3cc(OC)ccc23)CN1C(=O)[C@@H](CC(=O)N1CCCCC1)CC1CCCCC1)C(=O)N(C1CC1)S(=O)O. The van der Waals surface area contributed by atoms with Crippen LogP contribution in [0.3, 0.4) is 0 Å². The van der Waals surface area contributed by atoms with Crippen LogP contribution >= 0.6 is 0 Å². The van der Waals surface area contributed by atoms with Crippen molar-refractivity contribution in [2.75, 3.05) is 26.7 Å². The molecule has 3 aromatic rings. The van der Waals surface area contributed by atoms with E-state index in [1.165, 1.54) is 0 Å². The molecule has 60 heavy (non-hydrogen) atoms. The minimum atomic E-state index is -2.57. The number of rotatable bonds is 15. The van der Waals surface area contributed by atoms with E-state index in [1.54, 1.807) is 18.1 Å². The van der Waals surface area contributed by atoms with E-state index in [1.807, 2.05) is 59.5 Å². The first-order chi connectivity index (χ1) is 29.1. The molecule has 5 aliphatic rings. The van der Waals surface area contributed by atoms with Crippen molar-refractivity contribution in [2.45, 2.75) is 114 Å². The molecule has 2 aromatic carbocycles. The number of hydrogen-bond acceptors (Lipinski definition) is 8. The normalized spacial score (nSPS) is 25.3. The number of ether oxygens (including phenoxy) is 2. The molecule has 2 N–H and O–H groups in total. The van der Waals surface area contributed by atoms with E-state index in [9.17, 15) is 23.1 Å². The Balaban J connectivity index is 1.12. The van der Waals surface area contributed by atoms with Gasteiger partial charge in [-0.05, 0) is 63.0 Å². The van der Waals surface area contributed by atoms with Crippen molar-refractivity contribution >= 4 is 45.8 Å². The summed E-state index contributed by atoms with van der Waals surface area (Å²) in [5, 5.41) is 3.72. The number of piperidine rings is 1. The molecule has 0 radical (unpaired) electrons. The van der Waals surface area contributed by atoms with Crippen LogP contribution < -0.4 is 14.8 Å². The van der Waals surface area contributed by atoms with Gasteiger partial charge in [0.1, 0.15) is 29.2 Å². The molecule has 0 spiro atoms. The van der Waals surface area contributed by atoms with Crippen LogP contribution in [-0.2, 0) is 30.4 Å². The zero-order chi connectivity index (χ0) is 42.0. The molecule has 1 aromatic heterocycles. The second-order valence-electron chi connectivity index (χ2n) is 17.4. The maximum atomic E-state index is 15.1. The molecule has 3 saturated carbocycles. The maximum absolute atomic E-state index is 15.1. The number of likely N-dealkylation sites (tertiary alicyclic amines) is 2. The Bertz CT molecular complexity index is 2120. The largest absolute Gasteiger partial charge is 0.497 e. The maximum Gasteiger partial charge on any atom is 0.264 e. The summed E-state index contributed by atoms with van der Waals surface area (Å²) in [6, 6.07) is 15.8. The highest BCUT2D eigenvalue weighted by Crippen LogP contribution is 2.48. The number of hydrogen-bond donors (Lipinski definition) is 2. The van der Waals surface area contributed by atoms with E-state index in [-0.39, 0.29) is 43.7 Å². The van der Waals surface area contributed by atoms with Crippen molar-refractivity contribution in [2.24, 2.45) is 17.8 Å². The lowest BCUT2D eigenvalue weighted by atomic mass is 9.81. The predicted molar refractivity (Wildman–Crippen MR) is 228 cm³/mol. The first-order valence-corrected chi connectivity index (χ1v) is 22.8. The van der Waals surface area contributed by atoms with E-state index in [4.69, 9.17) is 14.5 Å². The van der Waals surface area contributed by atoms with Gasteiger partial charge >= 0.3 is 0 Å². The quantitative estimate of drug-likeness (QED) is 0.130. The van der Waals surface area contributed by atoms with Crippen molar-refractivity contribution in [1.82, 2.24) is 24.4 Å². The summed E-state index contributed by atoms with van der Waals surface area (Å²) >= 11 is -2.57. The van der Waals surface area contributed by atoms with Crippen LogP contribution in [0.25, 0.3) is 22.2 Å². The lowest BCUT2D eigenvalue weighted by molar-refractivity contribution is -0.146. The van der Waals surface area contributed by atoms with Gasteiger partial charge in [-0.25, -0.2) is 13.5 Å². The number of carbonyl (C=O) groups is 4. The summed E-state index contributed by atoms with van der Waals surface area (Å²) in [5.74, 6) is -1.07. The molecule has 5 fully saturated rings. The lowest BCUT2D eigenvalue weighted by Gasteiger charge is -2.33. The van der Waals surface area contributed by atoms with Crippen molar-refractivity contribution in [3.8, 4) is 22.8 Å². The number of methoxy groups -OCH3 is 1.